The van der Waals surface area contributed by atoms with Crippen LogP contribution in [-0.4, -0.2) is 10.1 Å². The van der Waals surface area contributed by atoms with Crippen molar-refractivity contribution >= 4 is 10.9 Å². The van der Waals surface area contributed by atoms with E-state index in [0.29, 0.717) is 12.8 Å². The molecule has 1 heterocycles. The van der Waals surface area contributed by atoms with E-state index in [2.05, 4.69) is 22.9 Å². The second-order valence-electron chi connectivity index (χ2n) is 4.36. The molecule has 0 saturated carbocycles. The number of fused-ring (bicyclic) bond motifs is 1. The average Bonchev–Trinajstić information content (AvgIpc) is 2.39. The molecule has 2 aromatic rings. The molecule has 92 valence electrons. The first-order valence-electron chi connectivity index (χ1n) is 6.16. The van der Waals surface area contributed by atoms with Crippen molar-refractivity contribution in [2.45, 2.75) is 32.8 Å². The van der Waals surface area contributed by atoms with Gasteiger partial charge in [0, 0.05) is 11.8 Å². The fourth-order valence-corrected chi connectivity index (χ4v) is 2.03. The summed E-state index contributed by atoms with van der Waals surface area (Å²) in [6.45, 7) is 3.86. The second-order valence-corrected chi connectivity index (χ2v) is 4.36. The Morgan fingerprint density at radius 1 is 1.33 bits per heavy atom. The van der Waals surface area contributed by atoms with Gasteiger partial charge in [-0.2, -0.15) is 0 Å². The molecule has 0 fully saturated rings. The summed E-state index contributed by atoms with van der Waals surface area (Å²) in [6.07, 6.45) is 0.797. The molecular weight excluding hydrogens is 222 g/mol. The van der Waals surface area contributed by atoms with Gasteiger partial charge in [-0.3, -0.25) is 4.98 Å². The van der Waals surface area contributed by atoms with Gasteiger partial charge >= 0.3 is 0 Å². The molecule has 0 aliphatic heterocycles. The number of aryl methyl sites for hydroxylation is 1. The lowest BCUT2D eigenvalue weighted by Gasteiger charge is -2.11. The Hall–Kier alpha value is -1.85. The molecule has 2 nitrogen and oxygen atoms in total. The summed E-state index contributed by atoms with van der Waals surface area (Å²) < 4.78 is 0. The lowest BCUT2D eigenvalue weighted by molar-refractivity contribution is 0.165. The Kier molecular flexibility index (Phi) is 3.96. The van der Waals surface area contributed by atoms with E-state index in [1.165, 1.54) is 0 Å². The van der Waals surface area contributed by atoms with E-state index < -0.39 is 6.10 Å². The highest BCUT2D eigenvalue weighted by atomic mass is 16.3. The molecule has 2 rings (SSSR count). The van der Waals surface area contributed by atoms with Gasteiger partial charge in [-0.15, -0.1) is 11.8 Å². The zero-order chi connectivity index (χ0) is 13.0. The highest BCUT2D eigenvalue weighted by molar-refractivity contribution is 5.82. The van der Waals surface area contributed by atoms with Gasteiger partial charge in [-0.25, -0.2) is 0 Å². The van der Waals surface area contributed by atoms with Gasteiger partial charge in [0.25, 0.3) is 0 Å². The minimum absolute atomic E-state index is 0.533. The van der Waals surface area contributed by atoms with Gasteiger partial charge in [-0.1, -0.05) is 18.2 Å². The summed E-state index contributed by atoms with van der Waals surface area (Å²) in [5, 5.41) is 11.2. The van der Waals surface area contributed by atoms with Gasteiger partial charge in [0.1, 0.15) is 0 Å². The first-order valence-corrected chi connectivity index (χ1v) is 6.16. The summed E-state index contributed by atoms with van der Waals surface area (Å²) in [7, 11) is 0. The number of hydrogen-bond acceptors (Lipinski definition) is 2. The fourth-order valence-electron chi connectivity index (χ4n) is 2.03. The predicted molar refractivity (Wildman–Crippen MR) is 74.1 cm³/mol. The maximum absolute atomic E-state index is 10.1. The Bertz CT molecular complexity index is 607. The average molecular weight is 239 g/mol. The van der Waals surface area contributed by atoms with Crippen molar-refractivity contribution in [3.63, 3.8) is 0 Å². The van der Waals surface area contributed by atoms with Crippen LogP contribution in [0.15, 0.2) is 30.3 Å². The number of benzene rings is 1. The van der Waals surface area contributed by atoms with E-state index in [9.17, 15) is 5.11 Å². The molecule has 1 unspecified atom stereocenters. The Balaban J connectivity index is 2.30. The molecule has 1 aromatic heterocycles. The SMILES string of the molecule is CC#CCCC(O)c1cc(C)c2ccccc2n1. The molecule has 1 aromatic carbocycles. The summed E-state index contributed by atoms with van der Waals surface area (Å²) in [6, 6.07) is 9.96. The summed E-state index contributed by atoms with van der Waals surface area (Å²) >= 11 is 0. The molecule has 0 radical (unpaired) electrons. The van der Waals surface area contributed by atoms with Crippen molar-refractivity contribution < 1.29 is 5.11 Å². The minimum atomic E-state index is -0.533. The number of nitrogens with zero attached hydrogens (tertiary/aromatic N) is 1. The third kappa shape index (κ3) is 2.69. The maximum Gasteiger partial charge on any atom is 0.0969 e. The second kappa shape index (κ2) is 5.66. The first-order chi connectivity index (χ1) is 8.72. The Morgan fingerprint density at radius 2 is 2.11 bits per heavy atom. The number of para-hydroxylation sites is 1. The van der Waals surface area contributed by atoms with Crippen molar-refractivity contribution in [2.75, 3.05) is 0 Å². The highest BCUT2D eigenvalue weighted by Gasteiger charge is 2.10. The van der Waals surface area contributed by atoms with Gasteiger partial charge in [0.15, 0.2) is 0 Å². The van der Waals surface area contributed by atoms with E-state index in [-0.39, 0.29) is 0 Å². The van der Waals surface area contributed by atoms with E-state index in [4.69, 9.17) is 0 Å². The number of aromatic nitrogens is 1. The lowest BCUT2D eigenvalue weighted by Crippen LogP contribution is -2.01. The van der Waals surface area contributed by atoms with Crippen LogP contribution in [0.25, 0.3) is 10.9 Å². The maximum atomic E-state index is 10.1. The Labute approximate surface area is 108 Å². The fraction of sp³-hybridized carbons (Fsp3) is 0.312. The molecule has 18 heavy (non-hydrogen) atoms. The van der Waals surface area contributed by atoms with E-state index in [0.717, 1.165) is 22.2 Å². The highest BCUT2D eigenvalue weighted by Crippen LogP contribution is 2.23. The van der Waals surface area contributed by atoms with Crippen LogP contribution in [0.1, 0.15) is 37.1 Å². The van der Waals surface area contributed by atoms with Crippen LogP contribution in [0.4, 0.5) is 0 Å². The molecule has 0 aliphatic rings. The van der Waals surface area contributed by atoms with Crippen molar-refractivity contribution in [2.24, 2.45) is 0 Å². The van der Waals surface area contributed by atoms with Crippen molar-refractivity contribution in [1.29, 1.82) is 0 Å². The largest absolute Gasteiger partial charge is 0.387 e. The van der Waals surface area contributed by atoms with Crippen LogP contribution in [-0.2, 0) is 0 Å². The topological polar surface area (TPSA) is 33.1 Å². The van der Waals surface area contributed by atoms with Gasteiger partial charge < -0.3 is 5.11 Å². The third-order valence-electron chi connectivity index (χ3n) is 3.00. The molecule has 1 N–H and O–H groups in total. The minimum Gasteiger partial charge on any atom is -0.387 e. The van der Waals surface area contributed by atoms with Crippen molar-refractivity contribution in [3.8, 4) is 11.8 Å². The number of rotatable bonds is 3. The van der Waals surface area contributed by atoms with Crippen LogP contribution in [0.5, 0.6) is 0 Å². The molecule has 0 aliphatic carbocycles. The summed E-state index contributed by atoms with van der Waals surface area (Å²) in [5.41, 5.74) is 2.83. The third-order valence-corrected chi connectivity index (χ3v) is 3.00. The van der Waals surface area contributed by atoms with Crippen molar-refractivity contribution in [3.05, 3.63) is 41.6 Å². The monoisotopic (exact) mass is 239 g/mol. The summed E-state index contributed by atoms with van der Waals surface area (Å²) in [5.74, 6) is 5.80. The molecular formula is C16H17NO. The lowest BCUT2D eigenvalue weighted by atomic mass is 10.0. The van der Waals surface area contributed by atoms with Crippen molar-refractivity contribution in [1.82, 2.24) is 4.98 Å². The van der Waals surface area contributed by atoms with E-state index in [1.54, 1.807) is 0 Å². The van der Waals surface area contributed by atoms with Gasteiger partial charge in [0.05, 0.1) is 17.3 Å². The molecule has 1 atom stereocenters. The zero-order valence-corrected chi connectivity index (χ0v) is 10.8. The molecule has 2 heteroatoms. The van der Waals surface area contributed by atoms with Crippen LogP contribution in [0.2, 0.25) is 0 Å². The Morgan fingerprint density at radius 3 is 2.89 bits per heavy atom. The number of hydrogen-bond donors (Lipinski definition) is 1. The number of pyridine rings is 1. The van der Waals surface area contributed by atoms with Crippen LogP contribution >= 0.6 is 0 Å². The quantitative estimate of drug-likeness (QED) is 0.833. The number of aliphatic hydroxyl groups excluding tert-OH is 1. The molecule has 0 amide bonds. The standard InChI is InChI=1S/C16H17NO/c1-3-4-5-10-16(18)15-11-12(2)13-8-6-7-9-14(13)17-15/h6-9,11,16,18H,5,10H2,1-2H3. The smallest absolute Gasteiger partial charge is 0.0969 e. The molecule has 0 spiro atoms. The predicted octanol–water partition coefficient (Wildman–Crippen LogP) is 3.38. The van der Waals surface area contributed by atoms with Gasteiger partial charge in [-0.05, 0) is 38.0 Å². The zero-order valence-electron chi connectivity index (χ0n) is 10.8. The first kappa shape index (κ1) is 12.6. The van der Waals surface area contributed by atoms with Crippen LogP contribution < -0.4 is 0 Å². The summed E-state index contributed by atoms with van der Waals surface area (Å²) in [4.78, 5) is 4.52. The van der Waals surface area contributed by atoms with E-state index in [1.807, 2.05) is 38.1 Å². The van der Waals surface area contributed by atoms with E-state index >= 15 is 0 Å². The number of aliphatic hydroxyl groups is 1. The van der Waals surface area contributed by atoms with Crippen LogP contribution in [0, 0.1) is 18.8 Å². The van der Waals surface area contributed by atoms with Crippen LogP contribution in [0.3, 0.4) is 0 Å². The van der Waals surface area contributed by atoms with Gasteiger partial charge in [0.2, 0.25) is 0 Å². The normalized spacial score (nSPS) is 11.9. The molecule has 0 saturated heterocycles. The molecule has 0 bridgehead atoms.